The summed E-state index contributed by atoms with van der Waals surface area (Å²) in [5, 5.41) is 6.12. The molecular formula is C22H35N3O2. The molecule has 150 valence electrons. The van der Waals surface area contributed by atoms with Crippen molar-refractivity contribution in [2.45, 2.75) is 65.8 Å². The van der Waals surface area contributed by atoms with Gasteiger partial charge in [-0.3, -0.25) is 14.5 Å². The van der Waals surface area contributed by atoms with E-state index in [1.165, 1.54) is 0 Å². The summed E-state index contributed by atoms with van der Waals surface area (Å²) < 4.78 is 0. The minimum Gasteiger partial charge on any atom is -0.356 e. The average molecular weight is 374 g/mol. The van der Waals surface area contributed by atoms with Crippen molar-refractivity contribution in [2.24, 2.45) is 5.92 Å². The van der Waals surface area contributed by atoms with Gasteiger partial charge in [0.05, 0.1) is 6.04 Å². The highest BCUT2D eigenvalue weighted by molar-refractivity contribution is 5.95. The number of hydrogen-bond donors (Lipinski definition) is 2. The summed E-state index contributed by atoms with van der Waals surface area (Å²) in [7, 11) is 0. The Balaban J connectivity index is 1.80. The van der Waals surface area contributed by atoms with Gasteiger partial charge in [-0.2, -0.15) is 0 Å². The van der Waals surface area contributed by atoms with Crippen LogP contribution in [0.3, 0.4) is 0 Å². The van der Waals surface area contributed by atoms with E-state index in [1.807, 2.05) is 39.0 Å². The van der Waals surface area contributed by atoms with Gasteiger partial charge in [0.25, 0.3) is 0 Å². The van der Waals surface area contributed by atoms with Gasteiger partial charge in [0.1, 0.15) is 0 Å². The minimum atomic E-state index is -0.196. The van der Waals surface area contributed by atoms with E-state index >= 15 is 0 Å². The van der Waals surface area contributed by atoms with Crippen LogP contribution in [-0.4, -0.2) is 42.4 Å². The zero-order valence-corrected chi connectivity index (χ0v) is 17.3. The molecule has 0 aromatic heterocycles. The molecule has 1 atom stereocenters. The second kappa shape index (κ2) is 10.5. The molecule has 5 nitrogen and oxygen atoms in total. The Labute approximate surface area is 163 Å². The molecule has 1 aromatic rings. The Hall–Kier alpha value is -1.88. The summed E-state index contributed by atoms with van der Waals surface area (Å²) >= 11 is 0. The van der Waals surface area contributed by atoms with Crippen molar-refractivity contribution in [3.05, 3.63) is 29.3 Å². The summed E-state index contributed by atoms with van der Waals surface area (Å²) in [5.41, 5.74) is 3.09. The van der Waals surface area contributed by atoms with Crippen molar-refractivity contribution in [2.75, 3.05) is 25.0 Å². The van der Waals surface area contributed by atoms with Crippen LogP contribution in [0.25, 0.3) is 0 Å². The number of piperidine rings is 1. The molecule has 1 saturated heterocycles. The van der Waals surface area contributed by atoms with Crippen LogP contribution in [0.1, 0.15) is 57.1 Å². The Morgan fingerprint density at radius 2 is 1.89 bits per heavy atom. The number of unbranched alkanes of at least 4 members (excludes halogenated alkanes) is 2. The van der Waals surface area contributed by atoms with Crippen LogP contribution in [-0.2, 0) is 9.59 Å². The van der Waals surface area contributed by atoms with Crippen molar-refractivity contribution < 1.29 is 9.59 Å². The van der Waals surface area contributed by atoms with E-state index in [4.69, 9.17) is 0 Å². The molecule has 0 aliphatic carbocycles. The van der Waals surface area contributed by atoms with Crippen molar-refractivity contribution in [3.8, 4) is 0 Å². The molecule has 0 saturated carbocycles. The molecule has 0 spiro atoms. The van der Waals surface area contributed by atoms with Crippen molar-refractivity contribution in [3.63, 3.8) is 0 Å². The van der Waals surface area contributed by atoms with Crippen LogP contribution < -0.4 is 10.6 Å². The van der Waals surface area contributed by atoms with Crippen LogP contribution >= 0.6 is 0 Å². The van der Waals surface area contributed by atoms with Crippen LogP contribution in [0.4, 0.5) is 5.69 Å². The molecule has 5 heteroatoms. The van der Waals surface area contributed by atoms with Gasteiger partial charge in [0.2, 0.25) is 11.8 Å². The predicted octanol–water partition coefficient (Wildman–Crippen LogP) is 3.65. The van der Waals surface area contributed by atoms with Gasteiger partial charge in [-0.1, -0.05) is 31.9 Å². The molecule has 1 fully saturated rings. The fourth-order valence-electron chi connectivity index (χ4n) is 3.55. The Kier molecular flexibility index (Phi) is 8.29. The predicted molar refractivity (Wildman–Crippen MR) is 111 cm³/mol. The number of benzene rings is 1. The molecule has 0 bridgehead atoms. The first-order chi connectivity index (χ1) is 12.9. The number of anilines is 1. The highest BCUT2D eigenvalue weighted by atomic mass is 16.2. The number of hydrogen-bond acceptors (Lipinski definition) is 3. The minimum absolute atomic E-state index is 0.0196. The summed E-state index contributed by atoms with van der Waals surface area (Å²) in [5.74, 6) is 0.279. The number of likely N-dealkylation sites (tertiary alicyclic amines) is 1. The fourth-order valence-corrected chi connectivity index (χ4v) is 3.55. The van der Waals surface area contributed by atoms with Gasteiger partial charge < -0.3 is 10.6 Å². The largest absolute Gasteiger partial charge is 0.356 e. The van der Waals surface area contributed by atoms with Crippen molar-refractivity contribution in [1.29, 1.82) is 0 Å². The topological polar surface area (TPSA) is 61.4 Å². The SMILES string of the molecule is CCCCCNC(=O)C1CCN(C(C)C(=O)Nc2cc(C)ccc2C)CC1. The molecule has 2 amide bonds. The molecule has 1 aromatic carbocycles. The van der Waals surface area contributed by atoms with Gasteiger partial charge in [0, 0.05) is 18.2 Å². The zero-order valence-electron chi connectivity index (χ0n) is 17.3. The lowest BCUT2D eigenvalue weighted by atomic mass is 9.95. The second-order valence-electron chi connectivity index (χ2n) is 7.79. The van der Waals surface area contributed by atoms with Gasteiger partial charge in [0.15, 0.2) is 0 Å². The number of aryl methyl sites for hydroxylation is 2. The number of carbonyl (C=O) groups is 2. The van der Waals surface area contributed by atoms with Gasteiger partial charge in [-0.25, -0.2) is 0 Å². The molecule has 2 rings (SSSR count). The standard InChI is InChI=1S/C22H35N3O2/c1-5-6-7-12-23-22(27)19-10-13-25(14-11-19)18(4)21(26)24-20-15-16(2)8-9-17(20)3/h8-9,15,18-19H,5-7,10-14H2,1-4H3,(H,23,27)(H,24,26). The molecule has 1 aliphatic rings. The summed E-state index contributed by atoms with van der Waals surface area (Å²) in [6, 6.07) is 5.89. The molecule has 1 heterocycles. The van der Waals surface area contributed by atoms with Crippen LogP contribution in [0.5, 0.6) is 0 Å². The number of nitrogens with one attached hydrogen (secondary N) is 2. The van der Waals surface area contributed by atoms with E-state index < -0.39 is 0 Å². The number of amides is 2. The van der Waals surface area contributed by atoms with Crippen LogP contribution in [0.15, 0.2) is 18.2 Å². The molecule has 2 N–H and O–H groups in total. The number of nitrogens with zero attached hydrogens (tertiary/aromatic N) is 1. The van der Waals surface area contributed by atoms with Gasteiger partial charge in [-0.05, 0) is 70.3 Å². The fraction of sp³-hybridized carbons (Fsp3) is 0.636. The van der Waals surface area contributed by atoms with Gasteiger partial charge in [-0.15, -0.1) is 0 Å². The first-order valence-electron chi connectivity index (χ1n) is 10.3. The van der Waals surface area contributed by atoms with E-state index in [1.54, 1.807) is 0 Å². The third kappa shape index (κ3) is 6.35. The lowest BCUT2D eigenvalue weighted by Gasteiger charge is -2.34. The maximum atomic E-state index is 12.7. The van der Waals surface area contributed by atoms with Crippen LogP contribution in [0, 0.1) is 19.8 Å². The Bertz CT molecular complexity index is 636. The van der Waals surface area contributed by atoms with E-state index in [0.29, 0.717) is 0 Å². The molecule has 1 unspecified atom stereocenters. The lowest BCUT2D eigenvalue weighted by molar-refractivity contribution is -0.127. The first kappa shape index (κ1) is 21.4. The van der Waals surface area contributed by atoms with E-state index in [-0.39, 0.29) is 23.8 Å². The van der Waals surface area contributed by atoms with Gasteiger partial charge >= 0.3 is 0 Å². The van der Waals surface area contributed by atoms with Crippen molar-refractivity contribution >= 4 is 17.5 Å². The highest BCUT2D eigenvalue weighted by Gasteiger charge is 2.29. The maximum Gasteiger partial charge on any atom is 0.241 e. The molecular weight excluding hydrogens is 338 g/mol. The Morgan fingerprint density at radius 1 is 1.19 bits per heavy atom. The maximum absolute atomic E-state index is 12.7. The summed E-state index contributed by atoms with van der Waals surface area (Å²) in [6.07, 6.45) is 5.01. The smallest absolute Gasteiger partial charge is 0.241 e. The average Bonchev–Trinajstić information content (AvgIpc) is 2.67. The molecule has 0 radical (unpaired) electrons. The third-order valence-corrected chi connectivity index (χ3v) is 5.56. The zero-order chi connectivity index (χ0) is 19.8. The third-order valence-electron chi connectivity index (χ3n) is 5.56. The summed E-state index contributed by atoms with van der Waals surface area (Å²) in [4.78, 5) is 27.1. The van der Waals surface area contributed by atoms with E-state index in [2.05, 4.69) is 22.5 Å². The number of rotatable bonds is 8. The quantitative estimate of drug-likeness (QED) is 0.684. The van der Waals surface area contributed by atoms with Crippen LogP contribution in [0.2, 0.25) is 0 Å². The Morgan fingerprint density at radius 3 is 2.56 bits per heavy atom. The number of carbonyl (C=O) groups excluding carboxylic acids is 2. The molecule has 27 heavy (non-hydrogen) atoms. The monoisotopic (exact) mass is 373 g/mol. The van der Waals surface area contributed by atoms with Crippen molar-refractivity contribution in [1.82, 2.24) is 10.2 Å². The second-order valence-corrected chi connectivity index (χ2v) is 7.79. The summed E-state index contributed by atoms with van der Waals surface area (Å²) in [6.45, 7) is 10.5. The molecule has 1 aliphatic heterocycles. The lowest BCUT2D eigenvalue weighted by Crippen LogP contribution is -2.48. The van der Waals surface area contributed by atoms with E-state index in [0.717, 1.165) is 68.6 Å². The first-order valence-corrected chi connectivity index (χ1v) is 10.3. The highest BCUT2D eigenvalue weighted by Crippen LogP contribution is 2.21. The normalized spacial score (nSPS) is 16.7. The van der Waals surface area contributed by atoms with E-state index in [9.17, 15) is 9.59 Å².